The van der Waals surface area contributed by atoms with E-state index in [1.165, 1.54) is 0 Å². The summed E-state index contributed by atoms with van der Waals surface area (Å²) in [6.45, 7) is 3.79. The Kier molecular flexibility index (Phi) is 2.56. The maximum Gasteiger partial charge on any atom is 0.158 e. The van der Waals surface area contributed by atoms with Crippen molar-refractivity contribution >= 4 is 22.6 Å². The molecular formula is C14H11ClN2O. The molecule has 3 nitrogen and oxygen atoms in total. The molecular weight excluding hydrogens is 248 g/mol. The van der Waals surface area contributed by atoms with Gasteiger partial charge < -0.3 is 4.42 Å². The van der Waals surface area contributed by atoms with Gasteiger partial charge in [-0.25, -0.2) is 9.97 Å². The molecule has 0 spiro atoms. The van der Waals surface area contributed by atoms with Gasteiger partial charge in [0.15, 0.2) is 10.9 Å². The van der Waals surface area contributed by atoms with Crippen LogP contribution in [0.15, 0.2) is 34.7 Å². The number of aryl methyl sites for hydroxylation is 2. The maximum atomic E-state index is 6.13. The van der Waals surface area contributed by atoms with E-state index in [9.17, 15) is 0 Å². The molecule has 0 atom stereocenters. The monoisotopic (exact) mass is 258 g/mol. The minimum absolute atomic E-state index is 0.372. The van der Waals surface area contributed by atoms with Crippen LogP contribution in [-0.4, -0.2) is 9.97 Å². The van der Waals surface area contributed by atoms with Crippen molar-refractivity contribution in [3.63, 3.8) is 0 Å². The first kappa shape index (κ1) is 11.2. The summed E-state index contributed by atoms with van der Waals surface area (Å²) < 4.78 is 5.74. The Morgan fingerprint density at radius 1 is 1.06 bits per heavy atom. The third-order valence-corrected chi connectivity index (χ3v) is 3.19. The van der Waals surface area contributed by atoms with Gasteiger partial charge in [0.05, 0.1) is 11.4 Å². The first-order valence-electron chi connectivity index (χ1n) is 5.65. The number of hydrogen-bond acceptors (Lipinski definition) is 3. The second-order valence-corrected chi connectivity index (χ2v) is 4.54. The Balaban J connectivity index is 2.22. The number of aromatic nitrogens is 2. The highest BCUT2D eigenvalue weighted by molar-refractivity contribution is 6.31. The van der Waals surface area contributed by atoms with Gasteiger partial charge in [-0.2, -0.15) is 0 Å². The van der Waals surface area contributed by atoms with E-state index >= 15 is 0 Å². The second-order valence-electron chi connectivity index (χ2n) is 4.18. The maximum absolute atomic E-state index is 6.13. The molecule has 3 rings (SSSR count). The number of para-hydroxylation sites is 1. The molecule has 0 aliphatic heterocycles. The van der Waals surface area contributed by atoms with Gasteiger partial charge in [0.2, 0.25) is 0 Å². The zero-order chi connectivity index (χ0) is 12.7. The van der Waals surface area contributed by atoms with Crippen LogP contribution in [0.3, 0.4) is 0 Å². The van der Waals surface area contributed by atoms with Gasteiger partial charge in [-0.15, -0.1) is 0 Å². The van der Waals surface area contributed by atoms with Crippen LogP contribution in [0.2, 0.25) is 5.15 Å². The summed E-state index contributed by atoms with van der Waals surface area (Å²) >= 11 is 6.13. The zero-order valence-electron chi connectivity index (χ0n) is 10.1. The molecule has 2 heterocycles. The summed E-state index contributed by atoms with van der Waals surface area (Å²) in [7, 11) is 0. The fourth-order valence-electron chi connectivity index (χ4n) is 1.83. The minimum atomic E-state index is 0.372. The van der Waals surface area contributed by atoms with Gasteiger partial charge in [0, 0.05) is 5.39 Å². The molecule has 90 valence electrons. The summed E-state index contributed by atoms with van der Waals surface area (Å²) in [5, 5.41) is 1.40. The number of rotatable bonds is 1. The topological polar surface area (TPSA) is 38.9 Å². The SMILES string of the molecule is Cc1nc(Cl)c(-c2cc3ccccc3o2)nc1C. The summed E-state index contributed by atoms with van der Waals surface area (Å²) in [4.78, 5) is 8.71. The van der Waals surface area contributed by atoms with E-state index < -0.39 is 0 Å². The van der Waals surface area contributed by atoms with Crippen molar-refractivity contribution in [1.29, 1.82) is 0 Å². The summed E-state index contributed by atoms with van der Waals surface area (Å²) in [5.41, 5.74) is 3.11. The zero-order valence-corrected chi connectivity index (χ0v) is 10.8. The minimum Gasteiger partial charge on any atom is -0.454 e. The van der Waals surface area contributed by atoms with E-state index in [0.29, 0.717) is 16.6 Å². The van der Waals surface area contributed by atoms with Gasteiger partial charge in [-0.3, -0.25) is 0 Å². The molecule has 0 saturated carbocycles. The molecule has 0 aliphatic carbocycles. The Labute approximate surface area is 109 Å². The summed E-state index contributed by atoms with van der Waals surface area (Å²) in [5.74, 6) is 0.650. The van der Waals surface area contributed by atoms with Gasteiger partial charge >= 0.3 is 0 Å². The lowest BCUT2D eigenvalue weighted by Crippen LogP contribution is -1.95. The average Bonchev–Trinajstić information content (AvgIpc) is 2.77. The van der Waals surface area contributed by atoms with Crippen LogP contribution in [0.4, 0.5) is 0 Å². The molecule has 0 fully saturated rings. The highest BCUT2D eigenvalue weighted by Gasteiger charge is 2.13. The van der Waals surface area contributed by atoms with Crippen molar-refractivity contribution in [3.05, 3.63) is 46.9 Å². The lowest BCUT2D eigenvalue weighted by Gasteiger charge is -2.03. The number of fused-ring (bicyclic) bond motifs is 1. The Bertz CT molecular complexity index is 701. The number of hydrogen-bond donors (Lipinski definition) is 0. The van der Waals surface area contributed by atoms with Crippen molar-refractivity contribution in [2.75, 3.05) is 0 Å². The van der Waals surface area contributed by atoms with Crippen LogP contribution in [0, 0.1) is 13.8 Å². The van der Waals surface area contributed by atoms with Crippen LogP contribution >= 0.6 is 11.6 Å². The standard InChI is InChI=1S/C14H11ClN2O/c1-8-9(2)17-14(15)13(16-8)12-7-10-5-3-4-6-11(10)18-12/h3-7H,1-2H3. The largest absolute Gasteiger partial charge is 0.454 e. The molecule has 0 N–H and O–H groups in total. The third kappa shape index (κ3) is 1.77. The van der Waals surface area contributed by atoms with E-state index in [2.05, 4.69) is 9.97 Å². The predicted octanol–water partition coefficient (Wildman–Crippen LogP) is 4.16. The molecule has 0 radical (unpaired) electrons. The van der Waals surface area contributed by atoms with Crippen LogP contribution in [0.1, 0.15) is 11.4 Å². The quantitative estimate of drug-likeness (QED) is 0.658. The van der Waals surface area contributed by atoms with Gasteiger partial charge in [0.1, 0.15) is 11.3 Å². The second kappa shape index (κ2) is 4.10. The molecule has 1 aromatic carbocycles. The predicted molar refractivity (Wildman–Crippen MR) is 71.7 cm³/mol. The summed E-state index contributed by atoms with van der Waals surface area (Å²) in [6.07, 6.45) is 0. The van der Waals surface area contributed by atoms with E-state index in [1.807, 2.05) is 44.2 Å². The number of furan rings is 1. The third-order valence-electron chi connectivity index (χ3n) is 2.92. The molecule has 4 heteroatoms. The van der Waals surface area contributed by atoms with Crippen molar-refractivity contribution in [2.45, 2.75) is 13.8 Å². The molecule has 0 unspecified atom stereocenters. The summed E-state index contributed by atoms with van der Waals surface area (Å²) in [6, 6.07) is 9.74. The Morgan fingerprint density at radius 2 is 1.78 bits per heavy atom. The lowest BCUT2D eigenvalue weighted by atomic mass is 10.2. The Hall–Kier alpha value is -1.87. The Morgan fingerprint density at radius 3 is 2.56 bits per heavy atom. The van der Waals surface area contributed by atoms with Crippen LogP contribution in [0.25, 0.3) is 22.4 Å². The lowest BCUT2D eigenvalue weighted by molar-refractivity contribution is 0.627. The molecule has 0 bridgehead atoms. The van der Waals surface area contributed by atoms with Gasteiger partial charge in [-0.1, -0.05) is 29.8 Å². The molecule has 18 heavy (non-hydrogen) atoms. The van der Waals surface area contributed by atoms with Gasteiger partial charge in [-0.05, 0) is 26.0 Å². The number of benzene rings is 1. The molecule has 2 aromatic heterocycles. The number of nitrogens with zero attached hydrogens (tertiary/aromatic N) is 2. The smallest absolute Gasteiger partial charge is 0.158 e. The van der Waals surface area contributed by atoms with Crippen LogP contribution in [-0.2, 0) is 0 Å². The molecule has 3 aromatic rings. The first-order valence-corrected chi connectivity index (χ1v) is 6.02. The molecule has 0 amide bonds. The van der Waals surface area contributed by atoms with Crippen molar-refractivity contribution in [3.8, 4) is 11.5 Å². The van der Waals surface area contributed by atoms with Gasteiger partial charge in [0.25, 0.3) is 0 Å². The molecule has 0 aliphatic rings. The van der Waals surface area contributed by atoms with E-state index in [1.54, 1.807) is 0 Å². The van der Waals surface area contributed by atoms with E-state index in [4.69, 9.17) is 16.0 Å². The van der Waals surface area contributed by atoms with Crippen molar-refractivity contribution < 1.29 is 4.42 Å². The van der Waals surface area contributed by atoms with E-state index in [-0.39, 0.29) is 0 Å². The average molecular weight is 259 g/mol. The van der Waals surface area contributed by atoms with Crippen LogP contribution < -0.4 is 0 Å². The van der Waals surface area contributed by atoms with Crippen LogP contribution in [0.5, 0.6) is 0 Å². The normalized spacial score (nSPS) is 11.1. The highest BCUT2D eigenvalue weighted by Crippen LogP contribution is 2.30. The van der Waals surface area contributed by atoms with Crippen molar-refractivity contribution in [1.82, 2.24) is 9.97 Å². The fraction of sp³-hybridized carbons (Fsp3) is 0.143. The fourth-order valence-corrected chi connectivity index (χ4v) is 2.09. The first-order chi connectivity index (χ1) is 8.65. The van der Waals surface area contributed by atoms with E-state index in [0.717, 1.165) is 22.4 Å². The van der Waals surface area contributed by atoms with Crippen molar-refractivity contribution in [2.24, 2.45) is 0 Å². The highest BCUT2D eigenvalue weighted by atomic mass is 35.5. The number of halogens is 1. The molecule has 0 saturated heterocycles.